The van der Waals surface area contributed by atoms with E-state index in [1.54, 1.807) is 0 Å². The standard InChI is InChI=1S/C42H52N6O6.C29H40BN3O5.C18H23BrN4O3/c1-23(2)36(45-41(51)53-5)39(49)47-17-7-8-35(47)33-20-28-14-13-27(19-32(28)44-33)25-9-11-26(12-10-25)30-21-34(43-22-30)38-29-15-16-31(18-29)48(38)40(50)37(24(3)4)46-42(52)54-6;1-17(2)24(32-27(35)36-7)26(34)33-22-13-10-19(14-22)25(33)23-15-20(16-31-23)18-8-11-21(12-9-18)30-37-28(3,4)29(5,6)38-30;1-10(2)15(22-18(25)26-3)17(24)23-8-4-5-14(23)16-20-12-7-6-11(19)9-13(12)21-16/h9-14,19-20,22-24,29,31,35-38,44H,7-8,15-18,21H2,1-6H3,(H,45,51)(H,46,52);8-9,11-12,16-17,19,22,24-25H,10,13-15H2,1-7H3,(H,32,35);6-7,9-10,14-15H,4-5,8H2,1-3H3,(H,20,21)(H,22,25)/t29?,31?,35-,36-,37-,38?;19?,22?,24-,25?;14-,15-/m000/s1. The van der Waals surface area contributed by atoms with E-state index in [0.717, 1.165) is 152 Å². The number of hydrogen-bond donors (Lipinski definition) is 6. The molecule has 27 nitrogen and oxygen atoms in total. The van der Waals surface area contributed by atoms with Crippen molar-refractivity contribution < 1.29 is 66.6 Å². The number of piperidine rings is 2. The summed E-state index contributed by atoms with van der Waals surface area (Å²) in [5.41, 5.74) is 12.7. The Kier molecular flexibility index (Phi) is 26.2. The average molecular weight is 1680 g/mol. The number of hydrogen-bond acceptors (Lipinski definition) is 17. The molecule has 7 aliphatic heterocycles. The van der Waals surface area contributed by atoms with Crippen LogP contribution in [0.25, 0.3) is 44.2 Å². The number of benzene rings is 4. The maximum absolute atomic E-state index is 13.9. The molecule has 118 heavy (non-hydrogen) atoms. The van der Waals surface area contributed by atoms with Crippen molar-refractivity contribution in [1.82, 2.24) is 55.8 Å². The fourth-order valence-corrected chi connectivity index (χ4v) is 19.0. The lowest BCUT2D eigenvalue weighted by Gasteiger charge is -2.38. The third-order valence-corrected chi connectivity index (χ3v) is 26.2. The molecule has 8 amide bonds. The van der Waals surface area contributed by atoms with Crippen LogP contribution in [0.1, 0.15) is 195 Å². The molecule has 15 rings (SSSR count). The van der Waals surface area contributed by atoms with E-state index in [0.29, 0.717) is 37.8 Å². The Morgan fingerprint density at radius 3 is 1.37 bits per heavy atom. The average Bonchev–Trinajstić information content (AvgIpc) is 1.60. The molecular formula is C89H115BBrN13O14. The van der Waals surface area contributed by atoms with E-state index < -0.39 is 48.5 Å². The van der Waals surface area contributed by atoms with Crippen molar-refractivity contribution in [2.24, 2.45) is 45.5 Å². The summed E-state index contributed by atoms with van der Waals surface area (Å²) in [6.45, 7) is 24.9. The molecule has 29 heteroatoms. The van der Waals surface area contributed by atoms with Crippen LogP contribution in [0, 0.1) is 35.5 Å². The molecule has 4 aromatic carbocycles. The van der Waals surface area contributed by atoms with Gasteiger partial charge in [-0.3, -0.25) is 29.2 Å². The normalized spacial score (nSPS) is 23.6. The van der Waals surface area contributed by atoms with Gasteiger partial charge in [-0.05, 0) is 202 Å². The molecule has 5 saturated heterocycles. The van der Waals surface area contributed by atoms with Crippen LogP contribution >= 0.6 is 15.9 Å². The summed E-state index contributed by atoms with van der Waals surface area (Å²) in [7, 11) is 4.84. The van der Waals surface area contributed by atoms with Gasteiger partial charge in [0, 0.05) is 77.5 Å². The molecular weight excluding hydrogens is 1570 g/mol. The lowest BCUT2D eigenvalue weighted by molar-refractivity contribution is -0.138. The van der Waals surface area contributed by atoms with Crippen LogP contribution in [0.5, 0.6) is 0 Å². The smallest absolute Gasteiger partial charge is 0.453 e. The van der Waals surface area contributed by atoms with Gasteiger partial charge in [0.1, 0.15) is 30.0 Å². The maximum Gasteiger partial charge on any atom is 0.494 e. The highest BCUT2D eigenvalue weighted by Gasteiger charge is 2.55. The zero-order valence-corrected chi connectivity index (χ0v) is 72.3. The number of aliphatic imine (C=N–C) groups is 2. The first kappa shape index (κ1) is 86.0. The highest BCUT2D eigenvalue weighted by Crippen LogP contribution is 2.48. The molecule has 9 aliphatic rings. The molecule has 630 valence electrons. The monoisotopic (exact) mass is 1680 g/mol. The fourth-order valence-electron chi connectivity index (χ4n) is 18.6. The first-order chi connectivity index (χ1) is 56.3. The molecule has 6 unspecified atom stereocenters. The Bertz CT molecular complexity index is 4860. The van der Waals surface area contributed by atoms with Gasteiger partial charge in [-0.15, -0.1) is 0 Å². The maximum atomic E-state index is 13.9. The summed E-state index contributed by atoms with van der Waals surface area (Å²) >= 11 is 3.46. The highest BCUT2D eigenvalue weighted by molar-refractivity contribution is 9.10. The number of halogens is 1. The molecule has 0 radical (unpaired) electrons. The number of H-pyrrole nitrogens is 2. The van der Waals surface area contributed by atoms with E-state index in [1.807, 2.05) is 106 Å². The number of likely N-dealkylation sites (tertiary alicyclic amines) is 4. The van der Waals surface area contributed by atoms with Crippen molar-refractivity contribution in [3.05, 3.63) is 131 Å². The van der Waals surface area contributed by atoms with E-state index in [2.05, 4.69) is 157 Å². The Morgan fingerprint density at radius 2 is 0.915 bits per heavy atom. The van der Waals surface area contributed by atoms with Gasteiger partial charge >= 0.3 is 31.5 Å². The van der Waals surface area contributed by atoms with Crippen molar-refractivity contribution in [3.8, 4) is 11.1 Å². The van der Waals surface area contributed by atoms with Crippen molar-refractivity contribution >= 4 is 121 Å². The van der Waals surface area contributed by atoms with Crippen molar-refractivity contribution in [2.75, 3.05) is 41.5 Å². The van der Waals surface area contributed by atoms with Crippen LogP contribution < -0.4 is 26.7 Å². The van der Waals surface area contributed by atoms with Gasteiger partial charge in [-0.2, -0.15) is 0 Å². The Labute approximate surface area is 700 Å². The third kappa shape index (κ3) is 18.0. The second-order valence-corrected chi connectivity index (χ2v) is 36.1. The number of amides is 8. The van der Waals surface area contributed by atoms with E-state index in [-0.39, 0.29) is 102 Å². The van der Waals surface area contributed by atoms with Crippen molar-refractivity contribution in [1.29, 1.82) is 0 Å². The van der Waals surface area contributed by atoms with E-state index in [9.17, 15) is 38.4 Å². The number of aromatic amines is 2. The van der Waals surface area contributed by atoms with Crippen LogP contribution in [0.15, 0.2) is 118 Å². The van der Waals surface area contributed by atoms with Crippen LogP contribution in [0.2, 0.25) is 0 Å². The summed E-state index contributed by atoms with van der Waals surface area (Å²) in [4.78, 5) is 131. The molecule has 6 N–H and O–H groups in total. The van der Waals surface area contributed by atoms with E-state index in [1.165, 1.54) is 28.4 Å². The Balaban J connectivity index is 0.000000164. The zero-order valence-electron chi connectivity index (χ0n) is 70.8. The molecule has 4 bridgehead atoms. The summed E-state index contributed by atoms with van der Waals surface area (Å²) in [5.74, 6) is 1.01. The molecule has 2 saturated carbocycles. The topological polar surface area (TPSA) is 322 Å². The minimum atomic E-state index is -0.661. The van der Waals surface area contributed by atoms with Gasteiger partial charge in [-0.1, -0.05) is 132 Å². The summed E-state index contributed by atoms with van der Waals surface area (Å²) in [6, 6.07) is 28.7. The molecule has 7 fully saturated rings. The number of aromatic nitrogens is 3. The zero-order chi connectivity index (χ0) is 84.5. The molecule has 12 atom stereocenters. The van der Waals surface area contributed by atoms with Crippen molar-refractivity contribution in [3.63, 3.8) is 0 Å². The molecule has 6 aromatic rings. The van der Waals surface area contributed by atoms with Gasteiger partial charge in [-0.25, -0.2) is 24.2 Å². The van der Waals surface area contributed by atoms with Gasteiger partial charge < -0.3 is 79.1 Å². The first-order valence-corrected chi connectivity index (χ1v) is 42.6. The van der Waals surface area contributed by atoms with Crippen LogP contribution in [0.3, 0.4) is 0 Å². The minimum absolute atomic E-state index is 0.0280. The predicted octanol–water partition coefficient (Wildman–Crippen LogP) is 14.1. The Morgan fingerprint density at radius 1 is 0.492 bits per heavy atom. The lowest BCUT2D eigenvalue weighted by Crippen LogP contribution is -2.57. The van der Waals surface area contributed by atoms with Gasteiger partial charge in [0.15, 0.2) is 0 Å². The molecule has 9 heterocycles. The van der Waals surface area contributed by atoms with Crippen LogP contribution in [-0.2, 0) is 47.4 Å². The number of methoxy groups -OCH3 is 4. The number of ether oxygens (including phenoxy) is 4. The van der Waals surface area contributed by atoms with Gasteiger partial charge in [0.25, 0.3) is 0 Å². The van der Waals surface area contributed by atoms with Crippen LogP contribution in [-0.4, -0.2) is 202 Å². The molecule has 2 aromatic heterocycles. The van der Waals surface area contributed by atoms with E-state index >= 15 is 0 Å². The lowest BCUT2D eigenvalue weighted by atomic mass is 9.78. The fraction of sp³-hybridized carbons (Fsp3) is 0.539. The SMILES string of the molecule is COC(=O)N[C@H](C(=O)N1C2CCC(C2)C1C1=NC=C(c2ccc(-c3ccc4cc([C@@H]5CCCN5C(=O)[C@@H](NC(=O)OC)C(C)C)[nH]c4c3)cc2)C1)C(C)C.COC(=O)N[C@H](C(=O)N1C2CCC(C2)C1C1=NC=C(c2ccc(B3OC(C)(C)C(C)(C)O3)cc2)C1)C(C)C.COC(=O)N[C@H](C(=O)N1CCC[C@H]1c1nc2ccc(Br)cc2[nH]1)C(C)C. The molecule has 2 aliphatic carbocycles. The second-order valence-electron chi connectivity index (χ2n) is 35.1. The number of imidazole rings is 1. The van der Waals surface area contributed by atoms with E-state index in [4.69, 9.17) is 33.5 Å². The summed E-state index contributed by atoms with van der Waals surface area (Å²) in [5, 5.41) is 12.0. The number of rotatable bonds is 20. The summed E-state index contributed by atoms with van der Waals surface area (Å²) < 4.78 is 32.4. The van der Waals surface area contributed by atoms with Crippen molar-refractivity contribution in [2.45, 2.75) is 232 Å². The number of carbonyl (C=O) groups is 8. The number of carbonyl (C=O) groups excluding carboxylic acids is 8. The third-order valence-electron chi connectivity index (χ3n) is 25.7. The minimum Gasteiger partial charge on any atom is -0.453 e. The van der Waals surface area contributed by atoms with Gasteiger partial charge in [0.05, 0.1) is 74.8 Å². The highest BCUT2D eigenvalue weighted by atomic mass is 79.9. The van der Waals surface area contributed by atoms with Gasteiger partial charge in [0.2, 0.25) is 23.6 Å². The molecule has 0 spiro atoms. The van der Waals surface area contributed by atoms with Crippen LogP contribution in [0.4, 0.5) is 19.2 Å². The summed E-state index contributed by atoms with van der Waals surface area (Å²) in [6.07, 6.45) is 12.5. The largest absolute Gasteiger partial charge is 0.494 e. The first-order valence-electron chi connectivity index (χ1n) is 41.8. The second kappa shape index (κ2) is 36.0. The predicted molar refractivity (Wildman–Crippen MR) is 457 cm³/mol. The Hall–Kier alpha value is -9.87. The number of nitrogens with one attached hydrogen (secondary N) is 6. The quantitative estimate of drug-likeness (QED) is 0.0306. The number of allylic oxidation sites excluding steroid dienone is 2. The number of alkyl carbamates (subject to hydrolysis) is 4. The number of nitrogens with zero attached hydrogens (tertiary/aromatic N) is 7. The number of fused-ring (bicyclic) bond motifs is 6.